The van der Waals surface area contributed by atoms with E-state index in [2.05, 4.69) is 32.2 Å². The first-order chi connectivity index (χ1) is 14.2. The third-order valence-electron chi connectivity index (χ3n) is 6.20. The van der Waals surface area contributed by atoms with Crippen LogP contribution in [-0.4, -0.2) is 17.4 Å². The normalized spacial score (nSPS) is 17.5. The Morgan fingerprint density at radius 1 is 1.27 bits per heavy atom. The molecule has 2 aromatic heterocycles. The quantitative estimate of drug-likeness (QED) is 0.541. The molecule has 1 aliphatic rings. The van der Waals surface area contributed by atoms with Gasteiger partial charge in [-0.05, 0) is 66.0 Å². The highest BCUT2D eigenvalue weighted by Gasteiger charge is 2.29. The number of benzene rings is 1. The van der Waals surface area contributed by atoms with E-state index < -0.39 is 0 Å². The molecule has 0 saturated carbocycles. The summed E-state index contributed by atoms with van der Waals surface area (Å²) in [4.78, 5) is 19.4. The molecule has 0 saturated heterocycles. The highest BCUT2D eigenvalue weighted by Crippen LogP contribution is 2.38. The second-order valence-electron chi connectivity index (χ2n) is 9.33. The number of amides is 1. The number of nitrogens with one attached hydrogen (secondary N) is 1. The average molecular weight is 423 g/mol. The number of aromatic nitrogens is 1. The zero-order chi connectivity index (χ0) is 21.5. The minimum Gasteiger partial charge on any atom is -0.399 e. The molecule has 6 heteroatoms. The maximum atomic E-state index is 12.9. The Hall–Kier alpha value is -2.44. The third-order valence-corrected chi connectivity index (χ3v) is 7.24. The van der Waals surface area contributed by atoms with E-state index in [1.807, 2.05) is 30.3 Å². The zero-order valence-corrected chi connectivity index (χ0v) is 18.7. The van der Waals surface area contributed by atoms with Gasteiger partial charge in [0.1, 0.15) is 4.83 Å². The van der Waals surface area contributed by atoms with Crippen molar-refractivity contribution in [3.05, 3.63) is 58.1 Å². The monoisotopic (exact) mass is 422 g/mol. The summed E-state index contributed by atoms with van der Waals surface area (Å²) >= 11 is 1.45. The highest BCUT2D eigenvalue weighted by atomic mass is 32.1. The summed E-state index contributed by atoms with van der Waals surface area (Å²) in [5, 5.41) is 4.11. The number of nitrogens with zero attached hydrogens (tertiary/aromatic N) is 1. The van der Waals surface area contributed by atoms with Crippen LogP contribution in [0, 0.1) is 11.3 Å². The lowest BCUT2D eigenvalue weighted by atomic mass is 9.71. The predicted molar refractivity (Wildman–Crippen MR) is 125 cm³/mol. The van der Waals surface area contributed by atoms with Crippen molar-refractivity contribution >= 4 is 33.1 Å². The molecule has 158 valence electrons. The van der Waals surface area contributed by atoms with Crippen LogP contribution in [0.25, 0.3) is 10.2 Å². The van der Waals surface area contributed by atoms with Gasteiger partial charge in [-0.1, -0.05) is 32.9 Å². The minimum atomic E-state index is -0.253. The number of fused-ring (bicyclic) bond motifs is 2. The number of rotatable bonds is 4. The molecule has 3 aromatic rings. The van der Waals surface area contributed by atoms with Crippen molar-refractivity contribution in [1.82, 2.24) is 10.3 Å². The molecule has 0 aliphatic heterocycles. The van der Waals surface area contributed by atoms with Crippen molar-refractivity contribution in [3.63, 3.8) is 0 Å². The summed E-state index contributed by atoms with van der Waals surface area (Å²) < 4.78 is 0. The predicted octanol–water partition coefficient (Wildman–Crippen LogP) is 4.46. The number of anilines is 1. The van der Waals surface area contributed by atoms with Gasteiger partial charge in [0, 0.05) is 23.3 Å². The summed E-state index contributed by atoms with van der Waals surface area (Å²) in [6, 6.07) is 11.4. The molecule has 1 aliphatic carbocycles. The van der Waals surface area contributed by atoms with E-state index in [0.29, 0.717) is 28.4 Å². The van der Waals surface area contributed by atoms with Gasteiger partial charge in [0.2, 0.25) is 0 Å². The fourth-order valence-electron chi connectivity index (χ4n) is 4.21. The van der Waals surface area contributed by atoms with Gasteiger partial charge in [0.25, 0.3) is 5.91 Å². The van der Waals surface area contributed by atoms with Crippen LogP contribution in [-0.2, 0) is 12.8 Å². The van der Waals surface area contributed by atoms with Gasteiger partial charge in [0.15, 0.2) is 0 Å². The standard InChI is InChI=1S/C24H30N4OS/c1-24(2,3)17-6-9-19-15(11-17)10-16-12-21(30-23(16)28-19)22(29)27-20(13-25)14-4-7-18(26)8-5-14/h4-5,7-8,10,12,17,20H,6,9,11,13,25-26H2,1-3H3,(H,27,29)/t17?,20-/m1/s1. The number of aryl methyl sites for hydroxylation is 1. The van der Waals surface area contributed by atoms with Gasteiger partial charge in [-0.2, -0.15) is 0 Å². The third kappa shape index (κ3) is 4.20. The van der Waals surface area contributed by atoms with Crippen molar-refractivity contribution in [2.45, 2.75) is 46.1 Å². The maximum Gasteiger partial charge on any atom is 0.261 e. The smallest absolute Gasteiger partial charge is 0.261 e. The summed E-state index contributed by atoms with van der Waals surface area (Å²) in [7, 11) is 0. The van der Waals surface area contributed by atoms with Crippen LogP contribution in [0.4, 0.5) is 5.69 Å². The number of carbonyl (C=O) groups is 1. The minimum absolute atomic E-state index is 0.115. The molecule has 1 aromatic carbocycles. The Morgan fingerprint density at radius 2 is 2.00 bits per heavy atom. The van der Waals surface area contributed by atoms with Crippen LogP contribution < -0.4 is 16.8 Å². The lowest BCUT2D eigenvalue weighted by Crippen LogP contribution is -2.32. The van der Waals surface area contributed by atoms with Crippen molar-refractivity contribution in [2.75, 3.05) is 12.3 Å². The van der Waals surface area contributed by atoms with E-state index in [9.17, 15) is 4.79 Å². The van der Waals surface area contributed by atoms with E-state index >= 15 is 0 Å². The van der Waals surface area contributed by atoms with Crippen LogP contribution in [0.1, 0.15) is 59.7 Å². The van der Waals surface area contributed by atoms with Crippen molar-refractivity contribution < 1.29 is 4.79 Å². The van der Waals surface area contributed by atoms with Gasteiger partial charge >= 0.3 is 0 Å². The lowest BCUT2D eigenvalue weighted by molar-refractivity contribution is 0.0942. The maximum absolute atomic E-state index is 12.9. The second-order valence-corrected chi connectivity index (χ2v) is 10.4. The highest BCUT2D eigenvalue weighted by molar-refractivity contribution is 7.20. The topological polar surface area (TPSA) is 94.0 Å². The first kappa shape index (κ1) is 20.8. The van der Waals surface area contributed by atoms with Crippen LogP contribution in [0.5, 0.6) is 0 Å². The number of carbonyl (C=O) groups excluding carboxylic acids is 1. The van der Waals surface area contributed by atoms with Gasteiger partial charge < -0.3 is 16.8 Å². The zero-order valence-electron chi connectivity index (χ0n) is 17.9. The molecule has 1 amide bonds. The number of hydrogen-bond donors (Lipinski definition) is 3. The molecule has 0 fully saturated rings. The number of nitrogens with two attached hydrogens (primary N) is 2. The molecular weight excluding hydrogens is 392 g/mol. The average Bonchev–Trinajstić information content (AvgIpc) is 3.12. The van der Waals surface area contributed by atoms with E-state index in [-0.39, 0.29) is 11.9 Å². The molecule has 1 unspecified atom stereocenters. The van der Waals surface area contributed by atoms with Crippen molar-refractivity contribution in [3.8, 4) is 0 Å². The fourth-order valence-corrected chi connectivity index (χ4v) is 5.15. The van der Waals surface area contributed by atoms with Gasteiger partial charge in [-0.15, -0.1) is 11.3 Å². The molecular formula is C24H30N4OS. The van der Waals surface area contributed by atoms with Crippen LogP contribution >= 0.6 is 11.3 Å². The van der Waals surface area contributed by atoms with E-state index in [1.165, 1.54) is 29.0 Å². The second kappa shape index (κ2) is 8.00. The Kier molecular flexibility index (Phi) is 5.55. The van der Waals surface area contributed by atoms with Crippen LogP contribution in [0.15, 0.2) is 36.4 Å². The largest absolute Gasteiger partial charge is 0.399 e. The Morgan fingerprint density at radius 3 is 2.67 bits per heavy atom. The molecule has 30 heavy (non-hydrogen) atoms. The Labute approximate surface area is 181 Å². The number of hydrogen-bond acceptors (Lipinski definition) is 5. The number of pyridine rings is 1. The Bertz CT molecular complexity index is 1070. The van der Waals surface area contributed by atoms with Crippen molar-refractivity contribution in [2.24, 2.45) is 17.1 Å². The molecule has 5 N–H and O–H groups in total. The van der Waals surface area contributed by atoms with Crippen LogP contribution in [0.3, 0.4) is 0 Å². The van der Waals surface area contributed by atoms with Crippen molar-refractivity contribution in [1.29, 1.82) is 0 Å². The fraction of sp³-hybridized carbons (Fsp3) is 0.417. The van der Waals surface area contributed by atoms with Gasteiger partial charge in [-0.3, -0.25) is 4.79 Å². The van der Waals surface area contributed by atoms with E-state index in [0.717, 1.165) is 28.6 Å². The molecule has 2 heterocycles. The van der Waals surface area contributed by atoms with Gasteiger partial charge in [-0.25, -0.2) is 4.98 Å². The Balaban J connectivity index is 1.56. The molecule has 0 bridgehead atoms. The SMILES string of the molecule is CC(C)(C)C1CCc2nc3sc(C(=O)N[C@H](CN)c4ccc(N)cc4)cc3cc2C1. The van der Waals surface area contributed by atoms with E-state index in [4.69, 9.17) is 16.5 Å². The molecule has 5 nitrogen and oxygen atoms in total. The molecule has 2 atom stereocenters. The number of thiophene rings is 1. The number of nitrogen functional groups attached to an aromatic ring is 1. The van der Waals surface area contributed by atoms with Crippen LogP contribution in [0.2, 0.25) is 0 Å². The summed E-state index contributed by atoms with van der Waals surface area (Å²) in [5.74, 6) is 0.548. The molecule has 0 radical (unpaired) electrons. The molecule has 0 spiro atoms. The summed E-state index contributed by atoms with van der Waals surface area (Å²) in [6.07, 6.45) is 3.25. The molecule has 4 rings (SSSR count). The van der Waals surface area contributed by atoms with E-state index in [1.54, 1.807) is 0 Å². The summed E-state index contributed by atoms with van der Waals surface area (Å²) in [6.45, 7) is 7.27. The first-order valence-corrected chi connectivity index (χ1v) is 11.3. The van der Waals surface area contributed by atoms with Gasteiger partial charge in [0.05, 0.1) is 10.9 Å². The first-order valence-electron chi connectivity index (χ1n) is 10.5. The lowest BCUT2D eigenvalue weighted by Gasteiger charge is -2.34. The summed E-state index contributed by atoms with van der Waals surface area (Å²) in [5.41, 5.74) is 16.1.